The number of halogens is 2. The molecule has 1 aromatic heterocycles. The van der Waals surface area contributed by atoms with Gasteiger partial charge in [-0.25, -0.2) is 18.3 Å². The highest BCUT2D eigenvalue weighted by molar-refractivity contribution is 5.87. The van der Waals surface area contributed by atoms with Gasteiger partial charge < -0.3 is 5.11 Å². The molecule has 0 unspecified atom stereocenters. The molecule has 0 radical (unpaired) electrons. The Morgan fingerprint density at radius 2 is 2.10 bits per heavy atom. The van der Waals surface area contributed by atoms with Crippen LogP contribution in [0.1, 0.15) is 40.5 Å². The zero-order valence-corrected chi connectivity index (χ0v) is 10.6. The van der Waals surface area contributed by atoms with Crippen LogP contribution in [0.2, 0.25) is 0 Å². The molecule has 0 atom stereocenters. The third-order valence-electron chi connectivity index (χ3n) is 3.34. The van der Waals surface area contributed by atoms with Crippen LogP contribution in [0.3, 0.4) is 0 Å². The molecule has 0 spiro atoms. The van der Waals surface area contributed by atoms with E-state index in [0.29, 0.717) is 0 Å². The molecule has 104 valence electrons. The molecule has 1 fully saturated rings. The van der Waals surface area contributed by atoms with Crippen LogP contribution in [0, 0.1) is 18.6 Å². The van der Waals surface area contributed by atoms with E-state index in [1.54, 1.807) is 0 Å². The molecule has 1 saturated carbocycles. The van der Waals surface area contributed by atoms with Crippen molar-refractivity contribution in [2.45, 2.75) is 25.7 Å². The number of nitrogens with zero attached hydrogens (tertiary/aromatic N) is 3. The topological polar surface area (TPSA) is 68.0 Å². The van der Waals surface area contributed by atoms with Gasteiger partial charge in [0.15, 0.2) is 17.3 Å². The van der Waals surface area contributed by atoms with Crippen molar-refractivity contribution in [2.24, 2.45) is 0 Å². The molecule has 1 heterocycles. The molecule has 0 amide bonds. The fraction of sp³-hybridized carbons (Fsp3) is 0.308. The lowest BCUT2D eigenvalue weighted by atomic mass is 10.1. The molecule has 0 aliphatic heterocycles. The Balaban J connectivity index is 2.26. The van der Waals surface area contributed by atoms with Crippen molar-refractivity contribution in [3.05, 3.63) is 40.7 Å². The van der Waals surface area contributed by atoms with E-state index < -0.39 is 17.6 Å². The average Bonchev–Trinajstić information content (AvgIpc) is 3.14. The highest BCUT2D eigenvalue weighted by Crippen LogP contribution is 2.42. The summed E-state index contributed by atoms with van der Waals surface area (Å²) in [5.41, 5.74) is -0.0869. The summed E-state index contributed by atoms with van der Waals surface area (Å²) in [5, 5.41) is 16.3. The Kier molecular flexibility index (Phi) is 2.77. The summed E-state index contributed by atoms with van der Waals surface area (Å²) in [7, 11) is 0. The van der Waals surface area contributed by atoms with Gasteiger partial charge in [-0.05, 0) is 31.4 Å². The van der Waals surface area contributed by atoms with Crippen molar-refractivity contribution in [2.75, 3.05) is 0 Å². The van der Waals surface area contributed by atoms with E-state index in [1.807, 2.05) is 0 Å². The van der Waals surface area contributed by atoms with Gasteiger partial charge in [0.05, 0.1) is 5.69 Å². The number of hydrogen-bond acceptors (Lipinski definition) is 3. The minimum Gasteiger partial charge on any atom is -0.476 e. The summed E-state index contributed by atoms with van der Waals surface area (Å²) in [6.07, 6.45) is 1.53. The van der Waals surface area contributed by atoms with Gasteiger partial charge in [-0.15, -0.1) is 5.10 Å². The third-order valence-corrected chi connectivity index (χ3v) is 3.34. The number of aromatic carboxylic acids is 1. The van der Waals surface area contributed by atoms with Crippen LogP contribution in [-0.4, -0.2) is 26.1 Å². The third kappa shape index (κ3) is 1.86. The van der Waals surface area contributed by atoms with Crippen molar-refractivity contribution in [3.8, 4) is 5.69 Å². The van der Waals surface area contributed by atoms with Crippen molar-refractivity contribution >= 4 is 5.97 Å². The normalized spacial score (nSPS) is 14.6. The lowest BCUT2D eigenvalue weighted by Crippen LogP contribution is -2.10. The Bertz CT molecular complexity index is 708. The number of benzene rings is 1. The zero-order chi connectivity index (χ0) is 14.4. The van der Waals surface area contributed by atoms with Crippen molar-refractivity contribution < 1.29 is 18.7 Å². The van der Waals surface area contributed by atoms with Gasteiger partial charge in [0.25, 0.3) is 0 Å². The van der Waals surface area contributed by atoms with Gasteiger partial charge in [0.1, 0.15) is 5.69 Å². The number of carboxylic acids is 1. The first kappa shape index (κ1) is 12.7. The summed E-state index contributed by atoms with van der Waals surface area (Å²) in [5.74, 6) is -2.85. The molecule has 2 aromatic rings. The second-order valence-electron chi connectivity index (χ2n) is 4.84. The van der Waals surface area contributed by atoms with E-state index in [9.17, 15) is 13.6 Å². The molecule has 1 aliphatic rings. The van der Waals surface area contributed by atoms with Crippen molar-refractivity contribution in [3.63, 3.8) is 0 Å². The van der Waals surface area contributed by atoms with Crippen LogP contribution in [0.25, 0.3) is 5.69 Å². The summed E-state index contributed by atoms with van der Waals surface area (Å²) >= 11 is 0. The van der Waals surface area contributed by atoms with Crippen molar-refractivity contribution in [1.82, 2.24) is 15.0 Å². The van der Waals surface area contributed by atoms with Crippen LogP contribution >= 0.6 is 0 Å². The van der Waals surface area contributed by atoms with Gasteiger partial charge >= 0.3 is 5.97 Å². The van der Waals surface area contributed by atoms with E-state index >= 15 is 0 Å². The van der Waals surface area contributed by atoms with Crippen LogP contribution in [-0.2, 0) is 0 Å². The molecule has 1 N–H and O–H groups in total. The van der Waals surface area contributed by atoms with E-state index in [-0.39, 0.29) is 28.6 Å². The highest BCUT2D eigenvalue weighted by Gasteiger charge is 2.35. The number of hydrogen-bond donors (Lipinski definition) is 1. The van der Waals surface area contributed by atoms with Gasteiger partial charge in [0, 0.05) is 5.92 Å². The van der Waals surface area contributed by atoms with Gasteiger partial charge in [0.2, 0.25) is 0 Å². The second-order valence-corrected chi connectivity index (χ2v) is 4.84. The monoisotopic (exact) mass is 279 g/mol. The second kappa shape index (κ2) is 4.36. The van der Waals surface area contributed by atoms with Crippen LogP contribution in [0.5, 0.6) is 0 Å². The maximum absolute atomic E-state index is 14.1. The van der Waals surface area contributed by atoms with Crippen LogP contribution in [0.4, 0.5) is 8.78 Å². The first-order chi connectivity index (χ1) is 9.50. The number of carboxylic acid groups (broad SMARTS) is 1. The van der Waals surface area contributed by atoms with E-state index in [0.717, 1.165) is 23.6 Å². The molecule has 7 heteroatoms. The number of rotatable bonds is 3. The molecule has 1 aliphatic carbocycles. The lowest BCUT2D eigenvalue weighted by Gasteiger charge is -2.09. The van der Waals surface area contributed by atoms with Crippen LogP contribution < -0.4 is 0 Å². The van der Waals surface area contributed by atoms with Gasteiger partial charge in [-0.3, -0.25) is 0 Å². The zero-order valence-electron chi connectivity index (χ0n) is 10.6. The van der Waals surface area contributed by atoms with E-state index in [2.05, 4.69) is 10.3 Å². The lowest BCUT2D eigenvalue weighted by molar-refractivity contribution is 0.0689. The smallest absolute Gasteiger partial charge is 0.358 e. The Morgan fingerprint density at radius 1 is 1.40 bits per heavy atom. The van der Waals surface area contributed by atoms with E-state index in [1.165, 1.54) is 13.0 Å². The largest absolute Gasteiger partial charge is 0.476 e. The first-order valence-electron chi connectivity index (χ1n) is 6.14. The Morgan fingerprint density at radius 3 is 2.70 bits per heavy atom. The van der Waals surface area contributed by atoms with Gasteiger partial charge in [-0.2, -0.15) is 0 Å². The van der Waals surface area contributed by atoms with Crippen molar-refractivity contribution in [1.29, 1.82) is 0 Å². The van der Waals surface area contributed by atoms with E-state index in [4.69, 9.17) is 5.11 Å². The molecule has 3 rings (SSSR count). The fourth-order valence-electron chi connectivity index (χ4n) is 2.17. The predicted octanol–water partition coefficient (Wildman–Crippen LogP) is 2.43. The molecular weight excluding hydrogens is 268 g/mol. The maximum Gasteiger partial charge on any atom is 0.358 e. The summed E-state index contributed by atoms with van der Waals surface area (Å²) < 4.78 is 29.0. The minimum atomic E-state index is -1.24. The molecule has 5 nitrogen and oxygen atoms in total. The van der Waals surface area contributed by atoms with Gasteiger partial charge in [-0.1, -0.05) is 11.3 Å². The number of carbonyl (C=O) groups is 1. The molecule has 0 saturated heterocycles. The summed E-state index contributed by atoms with van der Waals surface area (Å²) in [4.78, 5) is 11.1. The number of aryl methyl sites for hydroxylation is 1. The van der Waals surface area contributed by atoms with Crippen LogP contribution in [0.15, 0.2) is 12.1 Å². The number of aromatic nitrogens is 3. The summed E-state index contributed by atoms with van der Waals surface area (Å²) in [6, 6.07) is 2.45. The molecule has 0 bridgehead atoms. The predicted molar refractivity (Wildman–Crippen MR) is 64.9 cm³/mol. The Hall–Kier alpha value is -2.31. The quantitative estimate of drug-likeness (QED) is 0.937. The first-order valence-corrected chi connectivity index (χ1v) is 6.14. The average molecular weight is 279 g/mol. The molecular formula is C13H11F2N3O2. The fourth-order valence-corrected chi connectivity index (χ4v) is 2.17. The standard InChI is InChI=1S/C13H11F2N3O2/c1-6-2-5-8(14)12(9(6)15)18-11(7-3-4-7)10(13(19)20)16-17-18/h2,5,7H,3-4H2,1H3,(H,19,20). The Labute approximate surface area is 112 Å². The minimum absolute atomic E-state index is 0.0598. The SMILES string of the molecule is Cc1ccc(F)c(-n2nnc(C(=O)O)c2C2CC2)c1F. The highest BCUT2D eigenvalue weighted by atomic mass is 19.1. The molecule has 1 aromatic carbocycles. The summed E-state index contributed by atoms with van der Waals surface area (Å²) in [6.45, 7) is 1.50. The maximum atomic E-state index is 14.1. The molecule has 20 heavy (non-hydrogen) atoms.